The Labute approximate surface area is 172 Å². The highest BCUT2D eigenvalue weighted by molar-refractivity contribution is 8.02. The van der Waals surface area contributed by atoms with Crippen molar-refractivity contribution in [3.8, 4) is 0 Å². The predicted molar refractivity (Wildman–Crippen MR) is 121 cm³/mol. The Balaban J connectivity index is 1.97. The molecule has 27 heavy (non-hydrogen) atoms. The van der Waals surface area contributed by atoms with Crippen LogP contribution in [-0.2, 0) is 9.16 Å². The number of hydrogen-bond donors (Lipinski definition) is 0. The highest BCUT2D eigenvalue weighted by Crippen LogP contribution is 2.43. The summed E-state index contributed by atoms with van der Waals surface area (Å²) in [5.74, 6) is 0.410. The lowest BCUT2D eigenvalue weighted by atomic mass is 10.00. The van der Waals surface area contributed by atoms with E-state index in [4.69, 9.17) is 9.16 Å². The van der Waals surface area contributed by atoms with Gasteiger partial charge in [-0.3, -0.25) is 0 Å². The Morgan fingerprint density at radius 3 is 2.15 bits per heavy atom. The lowest BCUT2D eigenvalue weighted by Crippen LogP contribution is -2.49. The number of hydrogen-bond acceptors (Lipinski definition) is 3. The van der Waals surface area contributed by atoms with Crippen LogP contribution in [0.4, 0.5) is 0 Å². The van der Waals surface area contributed by atoms with Gasteiger partial charge in [0.1, 0.15) is 6.10 Å². The first kappa shape index (κ1) is 22.6. The first-order valence-electron chi connectivity index (χ1n) is 10.5. The molecule has 0 aromatic heterocycles. The highest BCUT2D eigenvalue weighted by Gasteiger charge is 2.45. The molecule has 1 aliphatic heterocycles. The smallest absolute Gasteiger partial charge is 0.200 e. The lowest BCUT2D eigenvalue weighted by Gasteiger charge is -2.43. The maximum Gasteiger partial charge on any atom is 0.200 e. The first-order chi connectivity index (χ1) is 12.8. The second-order valence-corrected chi connectivity index (χ2v) is 15.3. The summed E-state index contributed by atoms with van der Waals surface area (Å²) in [7, 11) is -1.81. The first-order valence-corrected chi connectivity index (χ1v) is 13.5. The third-order valence-electron chi connectivity index (χ3n) is 5.93. The largest absolute Gasteiger partial charge is 0.484 e. The van der Waals surface area contributed by atoms with Crippen LogP contribution < -0.4 is 0 Å². The average Bonchev–Trinajstić information content (AvgIpc) is 2.62. The Kier molecular flexibility index (Phi) is 8.51. The van der Waals surface area contributed by atoms with Gasteiger partial charge in [-0.05, 0) is 47.7 Å². The number of ether oxygens (including phenoxy) is 1. The summed E-state index contributed by atoms with van der Waals surface area (Å²) in [6, 6.07) is 10.5. The van der Waals surface area contributed by atoms with Gasteiger partial charge in [-0.1, -0.05) is 78.4 Å². The van der Waals surface area contributed by atoms with Gasteiger partial charge >= 0.3 is 0 Å². The van der Waals surface area contributed by atoms with E-state index >= 15 is 0 Å². The van der Waals surface area contributed by atoms with E-state index in [9.17, 15) is 0 Å². The van der Waals surface area contributed by atoms with E-state index in [-0.39, 0.29) is 6.10 Å². The van der Waals surface area contributed by atoms with Crippen molar-refractivity contribution in [3.05, 3.63) is 41.5 Å². The molecule has 1 aromatic carbocycles. The minimum atomic E-state index is -1.81. The number of benzene rings is 1. The van der Waals surface area contributed by atoms with Gasteiger partial charge in [0.05, 0.1) is 0 Å². The highest BCUT2D eigenvalue weighted by atomic mass is 32.2. The Hall–Kier alpha value is -0.713. The van der Waals surface area contributed by atoms with Gasteiger partial charge in [-0.2, -0.15) is 0 Å². The van der Waals surface area contributed by atoms with E-state index in [0.29, 0.717) is 22.5 Å². The number of rotatable bonds is 9. The quantitative estimate of drug-likeness (QED) is 0.393. The standard InChI is InChI=1S/C23H38O2SSi/c1-17(2)27(18(3)4,19(5)6)24-16-20(7)22-14-11-15-23(25-22)26-21-12-9-8-10-13-21/h8-10,12-13,15,17-20,22H,11,14,16H2,1-7H3/t20-,22-/m0/s1. The molecule has 2 atom stereocenters. The molecule has 0 amide bonds. The van der Waals surface area contributed by atoms with Crippen LogP contribution in [0.2, 0.25) is 16.6 Å². The summed E-state index contributed by atoms with van der Waals surface area (Å²) in [4.78, 5) is 1.24. The summed E-state index contributed by atoms with van der Waals surface area (Å²) >= 11 is 1.73. The fourth-order valence-corrected chi connectivity index (χ4v) is 11.0. The van der Waals surface area contributed by atoms with Gasteiger partial charge in [-0.25, -0.2) is 0 Å². The van der Waals surface area contributed by atoms with Crippen molar-refractivity contribution in [2.24, 2.45) is 5.92 Å². The molecule has 0 bridgehead atoms. The Morgan fingerprint density at radius 2 is 1.59 bits per heavy atom. The van der Waals surface area contributed by atoms with Gasteiger partial charge < -0.3 is 9.16 Å². The molecule has 0 saturated heterocycles. The normalized spacial score (nSPS) is 19.3. The van der Waals surface area contributed by atoms with Crippen molar-refractivity contribution in [2.75, 3.05) is 6.61 Å². The van der Waals surface area contributed by atoms with Crippen molar-refractivity contribution < 1.29 is 9.16 Å². The maximum absolute atomic E-state index is 6.82. The Morgan fingerprint density at radius 1 is 1.00 bits per heavy atom. The molecule has 0 fully saturated rings. The zero-order valence-corrected chi connectivity index (χ0v) is 20.0. The van der Waals surface area contributed by atoms with E-state index in [1.165, 1.54) is 4.90 Å². The molecule has 2 rings (SSSR count). The minimum Gasteiger partial charge on any atom is -0.484 e. The zero-order chi connectivity index (χ0) is 20.0. The molecule has 0 N–H and O–H groups in total. The molecular weight excluding hydrogens is 368 g/mol. The van der Waals surface area contributed by atoms with Gasteiger partial charge in [0.2, 0.25) is 0 Å². The van der Waals surface area contributed by atoms with Gasteiger partial charge in [0, 0.05) is 17.4 Å². The molecular formula is C23H38O2SSi. The number of allylic oxidation sites excluding steroid dienone is 1. The molecule has 1 aliphatic rings. The van der Waals surface area contributed by atoms with Crippen molar-refractivity contribution in [1.82, 2.24) is 0 Å². The van der Waals surface area contributed by atoms with Crippen molar-refractivity contribution in [3.63, 3.8) is 0 Å². The second kappa shape index (κ2) is 10.2. The second-order valence-electron chi connectivity index (χ2n) is 8.78. The van der Waals surface area contributed by atoms with E-state index in [1.54, 1.807) is 11.8 Å². The summed E-state index contributed by atoms with van der Waals surface area (Å²) in [5.41, 5.74) is 1.88. The van der Waals surface area contributed by atoms with Crippen molar-refractivity contribution in [2.45, 2.75) is 88.9 Å². The summed E-state index contributed by atoms with van der Waals surface area (Å²) in [5, 5.41) is 1.05. The predicted octanol–water partition coefficient (Wildman–Crippen LogP) is 7.63. The average molecular weight is 407 g/mol. The molecule has 0 aliphatic carbocycles. The minimum absolute atomic E-state index is 0.249. The van der Waals surface area contributed by atoms with Crippen LogP contribution in [-0.4, -0.2) is 21.0 Å². The number of thioether (sulfide) groups is 1. The summed E-state index contributed by atoms with van der Waals surface area (Å²) in [6.45, 7) is 17.2. The van der Waals surface area contributed by atoms with E-state index < -0.39 is 8.32 Å². The topological polar surface area (TPSA) is 18.5 Å². The van der Waals surface area contributed by atoms with E-state index in [1.807, 2.05) is 0 Å². The monoisotopic (exact) mass is 406 g/mol. The van der Waals surface area contributed by atoms with Gasteiger partial charge in [0.25, 0.3) is 0 Å². The fourth-order valence-electron chi connectivity index (χ4n) is 4.58. The molecule has 1 aromatic rings. The SMILES string of the molecule is CC(C)[Si](OC[C@H](C)[C@@H]1CCC=C(Sc2ccccc2)O1)(C(C)C)C(C)C. The fraction of sp³-hybridized carbons (Fsp3) is 0.652. The zero-order valence-electron chi connectivity index (χ0n) is 18.2. The van der Waals surface area contributed by atoms with Crippen LogP contribution in [0.25, 0.3) is 0 Å². The molecule has 0 saturated carbocycles. The van der Waals surface area contributed by atoms with Crippen molar-refractivity contribution >= 4 is 20.1 Å². The van der Waals surface area contributed by atoms with Gasteiger partial charge in [-0.15, -0.1) is 0 Å². The van der Waals surface area contributed by atoms with Crippen LogP contribution in [0.3, 0.4) is 0 Å². The lowest BCUT2D eigenvalue weighted by molar-refractivity contribution is 0.0434. The molecule has 2 nitrogen and oxygen atoms in total. The van der Waals surface area contributed by atoms with Crippen molar-refractivity contribution in [1.29, 1.82) is 0 Å². The molecule has 1 heterocycles. The maximum atomic E-state index is 6.82. The Bertz CT molecular complexity index is 576. The van der Waals surface area contributed by atoms with Crippen LogP contribution >= 0.6 is 11.8 Å². The third kappa shape index (κ3) is 5.64. The summed E-state index contributed by atoms with van der Waals surface area (Å²) in [6.07, 6.45) is 4.66. The molecule has 0 radical (unpaired) electrons. The molecule has 152 valence electrons. The van der Waals surface area contributed by atoms with Crippen LogP contribution in [0.5, 0.6) is 0 Å². The summed E-state index contributed by atoms with van der Waals surface area (Å²) < 4.78 is 13.2. The molecule has 0 spiro atoms. The van der Waals surface area contributed by atoms with Crippen LogP contribution in [0.15, 0.2) is 46.4 Å². The van der Waals surface area contributed by atoms with Gasteiger partial charge in [0.15, 0.2) is 13.4 Å². The van der Waals surface area contributed by atoms with Crippen LogP contribution in [0.1, 0.15) is 61.3 Å². The third-order valence-corrected chi connectivity index (χ3v) is 13.0. The molecule has 0 unspecified atom stereocenters. The van der Waals surface area contributed by atoms with E-state index in [0.717, 1.165) is 24.5 Å². The van der Waals surface area contributed by atoms with E-state index in [2.05, 4.69) is 84.9 Å². The molecule has 4 heteroatoms. The van der Waals surface area contributed by atoms with Crippen LogP contribution in [0, 0.1) is 5.92 Å².